The third-order valence-electron chi connectivity index (χ3n) is 3.37. The van der Waals surface area contributed by atoms with E-state index < -0.39 is 6.04 Å². The molecule has 0 aliphatic heterocycles. The number of carbonyl (C=O) groups is 1. The molecule has 0 spiro atoms. The Kier molecular flexibility index (Phi) is 6.71. The lowest BCUT2D eigenvalue weighted by Crippen LogP contribution is -2.44. The second kappa shape index (κ2) is 8.78. The van der Waals surface area contributed by atoms with Gasteiger partial charge in [-0.15, -0.1) is 0 Å². The second-order valence-corrected chi connectivity index (χ2v) is 6.15. The van der Waals surface area contributed by atoms with Crippen LogP contribution in [0.5, 0.6) is 0 Å². The fourth-order valence-electron chi connectivity index (χ4n) is 2.23. The number of nitrogens with one attached hydrogen (secondary N) is 1. The molecule has 3 N–H and O–H groups in total. The van der Waals surface area contributed by atoms with Crippen LogP contribution < -0.4 is 11.1 Å². The van der Waals surface area contributed by atoms with Crippen LogP contribution in [0.1, 0.15) is 5.56 Å². The first-order chi connectivity index (χ1) is 10.7. The highest BCUT2D eigenvalue weighted by Gasteiger charge is 2.11. The number of hydrogen-bond acceptors (Lipinski definition) is 4. The van der Waals surface area contributed by atoms with E-state index in [1.54, 1.807) is 11.8 Å². The first-order valence-electron chi connectivity index (χ1n) is 7.29. The first kappa shape index (κ1) is 16.8. The molecule has 0 aliphatic rings. The van der Waals surface area contributed by atoms with Crippen LogP contribution in [0.15, 0.2) is 42.5 Å². The fraction of sp³-hybridized carbons (Fsp3) is 0.353. The summed E-state index contributed by atoms with van der Waals surface area (Å²) in [4.78, 5) is 11.6. The van der Waals surface area contributed by atoms with Crippen LogP contribution in [-0.2, 0) is 15.3 Å². The minimum atomic E-state index is -0.590. The molecule has 2 aromatic rings. The van der Waals surface area contributed by atoms with E-state index in [2.05, 4.69) is 47.8 Å². The molecule has 1 atom stereocenters. The van der Waals surface area contributed by atoms with Crippen molar-refractivity contribution in [3.8, 4) is 0 Å². The summed E-state index contributed by atoms with van der Waals surface area (Å²) < 4.78 is 4.86. The van der Waals surface area contributed by atoms with Crippen molar-refractivity contribution in [1.82, 2.24) is 5.32 Å². The SMILES string of the molecule is COCC(N)C(=O)NCCSCc1cccc2ccccc12. The average Bonchev–Trinajstić information content (AvgIpc) is 2.54. The molecule has 2 aromatic carbocycles. The lowest BCUT2D eigenvalue weighted by molar-refractivity contribution is -0.123. The van der Waals surface area contributed by atoms with Crippen molar-refractivity contribution >= 4 is 28.4 Å². The number of ether oxygens (including phenoxy) is 1. The molecule has 0 aliphatic carbocycles. The normalized spacial score (nSPS) is 12.3. The van der Waals surface area contributed by atoms with Gasteiger partial charge >= 0.3 is 0 Å². The Labute approximate surface area is 135 Å². The number of thioether (sulfide) groups is 1. The molecular weight excluding hydrogens is 296 g/mol. The molecule has 4 nitrogen and oxygen atoms in total. The van der Waals surface area contributed by atoms with E-state index in [1.165, 1.54) is 23.4 Å². The van der Waals surface area contributed by atoms with E-state index in [9.17, 15) is 4.79 Å². The summed E-state index contributed by atoms with van der Waals surface area (Å²) in [6.07, 6.45) is 0. The molecule has 0 bridgehead atoms. The van der Waals surface area contributed by atoms with E-state index in [1.807, 2.05) is 0 Å². The maximum absolute atomic E-state index is 11.6. The van der Waals surface area contributed by atoms with Gasteiger partial charge in [-0.05, 0) is 16.3 Å². The van der Waals surface area contributed by atoms with Crippen LogP contribution in [0.25, 0.3) is 10.8 Å². The lowest BCUT2D eigenvalue weighted by Gasteiger charge is -2.11. The highest BCUT2D eigenvalue weighted by Crippen LogP contribution is 2.22. The molecule has 2 rings (SSSR count). The third-order valence-corrected chi connectivity index (χ3v) is 4.37. The molecule has 0 fully saturated rings. The Balaban J connectivity index is 1.76. The number of carbonyl (C=O) groups excluding carboxylic acids is 1. The predicted molar refractivity (Wildman–Crippen MR) is 93.0 cm³/mol. The minimum absolute atomic E-state index is 0.160. The third kappa shape index (κ3) is 4.73. The molecule has 1 unspecified atom stereocenters. The summed E-state index contributed by atoms with van der Waals surface area (Å²) in [6.45, 7) is 0.862. The molecule has 1 amide bonds. The molecule has 5 heteroatoms. The van der Waals surface area contributed by atoms with Gasteiger partial charge in [0.25, 0.3) is 0 Å². The van der Waals surface area contributed by atoms with Gasteiger partial charge in [0.15, 0.2) is 0 Å². The smallest absolute Gasteiger partial charge is 0.239 e. The number of methoxy groups -OCH3 is 1. The van der Waals surface area contributed by atoms with Gasteiger partial charge < -0.3 is 15.8 Å². The van der Waals surface area contributed by atoms with Crippen LogP contribution in [0.2, 0.25) is 0 Å². The van der Waals surface area contributed by atoms with Crippen LogP contribution in [0.4, 0.5) is 0 Å². The quantitative estimate of drug-likeness (QED) is 0.732. The zero-order valence-electron chi connectivity index (χ0n) is 12.7. The predicted octanol–water partition coefficient (Wildman–Crippen LogP) is 2.16. The second-order valence-electron chi connectivity index (χ2n) is 5.04. The first-order valence-corrected chi connectivity index (χ1v) is 8.44. The van der Waals surface area contributed by atoms with E-state index >= 15 is 0 Å². The standard InChI is InChI=1S/C17H22N2O2S/c1-21-11-16(18)17(20)19-9-10-22-12-14-7-4-6-13-5-2-3-8-15(13)14/h2-8,16H,9-12,18H2,1H3,(H,19,20). The van der Waals surface area contributed by atoms with Gasteiger partial charge in [-0.3, -0.25) is 4.79 Å². The monoisotopic (exact) mass is 318 g/mol. The molecule has 0 aromatic heterocycles. The van der Waals surface area contributed by atoms with Crippen LogP contribution in [-0.4, -0.2) is 38.0 Å². The van der Waals surface area contributed by atoms with Gasteiger partial charge in [0.1, 0.15) is 6.04 Å². The number of amides is 1. The van der Waals surface area contributed by atoms with Crippen molar-refractivity contribution in [1.29, 1.82) is 0 Å². The molecule has 0 heterocycles. The number of fused-ring (bicyclic) bond motifs is 1. The summed E-state index contributed by atoms with van der Waals surface area (Å²) in [5.74, 6) is 1.63. The zero-order chi connectivity index (χ0) is 15.8. The molecule has 22 heavy (non-hydrogen) atoms. The van der Waals surface area contributed by atoms with Crippen LogP contribution >= 0.6 is 11.8 Å². The largest absolute Gasteiger partial charge is 0.383 e. The van der Waals surface area contributed by atoms with Crippen molar-refractivity contribution in [2.24, 2.45) is 5.73 Å². The van der Waals surface area contributed by atoms with Crippen molar-refractivity contribution < 1.29 is 9.53 Å². The summed E-state index contributed by atoms with van der Waals surface area (Å²) >= 11 is 1.80. The molecular formula is C17H22N2O2S. The van der Waals surface area contributed by atoms with Gasteiger partial charge in [-0.25, -0.2) is 0 Å². The Morgan fingerprint density at radius 3 is 2.86 bits per heavy atom. The molecule has 0 radical (unpaired) electrons. The zero-order valence-corrected chi connectivity index (χ0v) is 13.6. The number of benzene rings is 2. The van der Waals surface area contributed by atoms with Crippen molar-refractivity contribution in [3.63, 3.8) is 0 Å². The van der Waals surface area contributed by atoms with Gasteiger partial charge in [-0.2, -0.15) is 11.8 Å². The summed E-state index contributed by atoms with van der Waals surface area (Å²) in [5, 5.41) is 5.38. The highest BCUT2D eigenvalue weighted by atomic mass is 32.2. The highest BCUT2D eigenvalue weighted by molar-refractivity contribution is 7.98. The van der Waals surface area contributed by atoms with E-state index in [0.29, 0.717) is 6.54 Å². The van der Waals surface area contributed by atoms with Crippen molar-refractivity contribution in [2.45, 2.75) is 11.8 Å². The van der Waals surface area contributed by atoms with Crippen molar-refractivity contribution in [2.75, 3.05) is 26.0 Å². The maximum Gasteiger partial charge on any atom is 0.239 e. The van der Waals surface area contributed by atoms with Gasteiger partial charge in [0, 0.05) is 25.2 Å². The number of nitrogens with two attached hydrogens (primary N) is 1. The van der Waals surface area contributed by atoms with Crippen LogP contribution in [0, 0.1) is 0 Å². The maximum atomic E-state index is 11.6. The Hall–Kier alpha value is -1.56. The van der Waals surface area contributed by atoms with Crippen molar-refractivity contribution in [3.05, 3.63) is 48.0 Å². The summed E-state index contributed by atoms with van der Waals surface area (Å²) in [7, 11) is 1.53. The summed E-state index contributed by atoms with van der Waals surface area (Å²) in [5.41, 5.74) is 6.98. The fourth-order valence-corrected chi connectivity index (χ4v) is 3.10. The number of rotatable bonds is 8. The van der Waals surface area contributed by atoms with Gasteiger partial charge in [0.2, 0.25) is 5.91 Å². The lowest BCUT2D eigenvalue weighted by atomic mass is 10.1. The Morgan fingerprint density at radius 2 is 2.05 bits per heavy atom. The van der Waals surface area contributed by atoms with E-state index in [-0.39, 0.29) is 12.5 Å². The topological polar surface area (TPSA) is 64.3 Å². The van der Waals surface area contributed by atoms with Gasteiger partial charge in [0.05, 0.1) is 6.61 Å². The Bertz CT molecular complexity index is 613. The van der Waals surface area contributed by atoms with Crippen LogP contribution in [0.3, 0.4) is 0 Å². The van der Waals surface area contributed by atoms with E-state index in [0.717, 1.165) is 11.5 Å². The minimum Gasteiger partial charge on any atom is -0.383 e. The number of hydrogen-bond donors (Lipinski definition) is 2. The molecule has 118 valence electrons. The summed E-state index contributed by atoms with van der Waals surface area (Å²) in [6, 6.07) is 14.2. The van der Waals surface area contributed by atoms with E-state index in [4.69, 9.17) is 10.5 Å². The molecule has 0 saturated carbocycles. The Morgan fingerprint density at radius 1 is 1.27 bits per heavy atom. The average molecular weight is 318 g/mol. The van der Waals surface area contributed by atoms with Gasteiger partial charge in [-0.1, -0.05) is 42.5 Å². The molecule has 0 saturated heterocycles.